The number of likely N-dealkylation sites (tertiary alicyclic amines) is 1. The fraction of sp³-hybridized carbons (Fsp3) is 0.462. The molecule has 1 aliphatic heterocycles. The number of halogens is 1. The molecule has 2 N–H and O–H groups in total. The topological polar surface area (TPSA) is 55.6 Å². The van der Waals surface area contributed by atoms with Crippen LogP contribution in [0.4, 0.5) is 0 Å². The number of carbonyl (C=O) groups excluding carboxylic acids is 1. The first-order valence-corrected chi connectivity index (χ1v) is 6.75. The standard InChI is InChI=1S/C13H17BrN2O2/c1-8(15)10-4-3-9(14)7-12(10)18-11-5-6-16(2)13(11)17/h3-4,7-8,11H,5-6,15H2,1-2H3/t8-,11?/m1/s1. The molecule has 0 aliphatic carbocycles. The second-order valence-corrected chi connectivity index (χ2v) is 5.54. The summed E-state index contributed by atoms with van der Waals surface area (Å²) >= 11 is 3.41. The Hall–Kier alpha value is -1.07. The molecule has 4 nitrogen and oxygen atoms in total. The first-order chi connectivity index (χ1) is 8.49. The molecule has 1 saturated heterocycles. The van der Waals surface area contributed by atoms with Crippen molar-refractivity contribution in [2.75, 3.05) is 13.6 Å². The Morgan fingerprint density at radius 1 is 1.56 bits per heavy atom. The SMILES string of the molecule is C[C@@H](N)c1ccc(Br)cc1OC1CCN(C)C1=O. The first-order valence-electron chi connectivity index (χ1n) is 5.95. The fourth-order valence-electron chi connectivity index (χ4n) is 2.04. The van der Waals surface area contributed by atoms with Crippen molar-refractivity contribution >= 4 is 21.8 Å². The Kier molecular flexibility index (Phi) is 3.92. The molecule has 1 aromatic rings. The van der Waals surface area contributed by atoms with E-state index in [4.69, 9.17) is 10.5 Å². The van der Waals surface area contributed by atoms with Gasteiger partial charge < -0.3 is 15.4 Å². The van der Waals surface area contributed by atoms with Crippen LogP contribution < -0.4 is 10.5 Å². The van der Waals surface area contributed by atoms with E-state index in [1.54, 1.807) is 11.9 Å². The lowest BCUT2D eigenvalue weighted by Crippen LogP contribution is -2.29. The van der Waals surface area contributed by atoms with Crippen LogP contribution in [0.3, 0.4) is 0 Å². The molecular weight excluding hydrogens is 296 g/mol. The Morgan fingerprint density at radius 2 is 2.28 bits per heavy atom. The van der Waals surface area contributed by atoms with Crippen molar-refractivity contribution in [3.8, 4) is 5.75 Å². The molecule has 1 aromatic carbocycles. The molecule has 0 radical (unpaired) electrons. The van der Waals surface area contributed by atoms with Crippen molar-refractivity contribution in [3.05, 3.63) is 28.2 Å². The summed E-state index contributed by atoms with van der Waals surface area (Å²) in [4.78, 5) is 13.5. The van der Waals surface area contributed by atoms with Gasteiger partial charge in [0.15, 0.2) is 6.10 Å². The molecule has 0 saturated carbocycles. The second kappa shape index (κ2) is 5.28. The molecule has 1 fully saturated rings. The van der Waals surface area contributed by atoms with Gasteiger partial charge in [-0.1, -0.05) is 22.0 Å². The van der Waals surface area contributed by atoms with E-state index < -0.39 is 0 Å². The molecule has 0 bridgehead atoms. The quantitative estimate of drug-likeness (QED) is 0.929. The van der Waals surface area contributed by atoms with Gasteiger partial charge in [0, 0.05) is 36.1 Å². The smallest absolute Gasteiger partial charge is 0.263 e. The molecule has 0 aromatic heterocycles. The molecule has 98 valence electrons. The van der Waals surface area contributed by atoms with Crippen molar-refractivity contribution in [3.63, 3.8) is 0 Å². The summed E-state index contributed by atoms with van der Waals surface area (Å²) < 4.78 is 6.75. The fourth-order valence-corrected chi connectivity index (χ4v) is 2.38. The second-order valence-electron chi connectivity index (χ2n) is 4.63. The lowest BCUT2D eigenvalue weighted by molar-refractivity contribution is -0.132. The highest BCUT2D eigenvalue weighted by Gasteiger charge is 2.31. The van der Waals surface area contributed by atoms with Crippen LogP contribution in [0.15, 0.2) is 22.7 Å². The highest BCUT2D eigenvalue weighted by Crippen LogP contribution is 2.30. The maximum atomic E-state index is 11.8. The molecule has 5 heteroatoms. The third-order valence-corrected chi connectivity index (χ3v) is 3.61. The predicted octanol–water partition coefficient (Wildman–Crippen LogP) is 2.08. The number of carbonyl (C=O) groups is 1. The van der Waals surface area contributed by atoms with E-state index in [0.717, 1.165) is 23.0 Å². The average Bonchev–Trinajstić information content (AvgIpc) is 2.61. The summed E-state index contributed by atoms with van der Waals surface area (Å²) in [6, 6.07) is 5.59. The lowest BCUT2D eigenvalue weighted by atomic mass is 10.1. The summed E-state index contributed by atoms with van der Waals surface area (Å²) in [5, 5.41) is 0. The van der Waals surface area contributed by atoms with Crippen molar-refractivity contribution in [2.45, 2.75) is 25.5 Å². The average molecular weight is 313 g/mol. The molecule has 1 aliphatic rings. The van der Waals surface area contributed by atoms with Crippen LogP contribution in [0, 0.1) is 0 Å². The van der Waals surface area contributed by atoms with Gasteiger partial charge in [-0.3, -0.25) is 4.79 Å². The molecule has 1 heterocycles. The third-order valence-electron chi connectivity index (χ3n) is 3.11. The number of ether oxygens (including phenoxy) is 1. The number of rotatable bonds is 3. The van der Waals surface area contributed by atoms with Gasteiger partial charge in [-0.15, -0.1) is 0 Å². The number of hydrogen-bond donors (Lipinski definition) is 1. The van der Waals surface area contributed by atoms with Gasteiger partial charge in [-0.2, -0.15) is 0 Å². The van der Waals surface area contributed by atoms with Crippen LogP contribution in [0.5, 0.6) is 5.75 Å². The van der Waals surface area contributed by atoms with Crippen LogP contribution in [0.25, 0.3) is 0 Å². The van der Waals surface area contributed by atoms with Crippen LogP contribution >= 0.6 is 15.9 Å². The van der Waals surface area contributed by atoms with Crippen molar-refractivity contribution in [2.24, 2.45) is 5.73 Å². The van der Waals surface area contributed by atoms with Gasteiger partial charge in [0.1, 0.15) is 5.75 Å². The largest absolute Gasteiger partial charge is 0.480 e. The number of amides is 1. The number of hydrogen-bond acceptors (Lipinski definition) is 3. The molecule has 2 atom stereocenters. The lowest BCUT2D eigenvalue weighted by Gasteiger charge is -2.18. The van der Waals surface area contributed by atoms with Gasteiger partial charge in [0.25, 0.3) is 5.91 Å². The van der Waals surface area contributed by atoms with Gasteiger partial charge in [-0.05, 0) is 19.1 Å². The Balaban J connectivity index is 2.23. The summed E-state index contributed by atoms with van der Waals surface area (Å²) in [6.45, 7) is 2.64. The van der Waals surface area contributed by atoms with Gasteiger partial charge in [0.2, 0.25) is 0 Å². The van der Waals surface area contributed by atoms with E-state index in [1.807, 2.05) is 25.1 Å². The van der Waals surface area contributed by atoms with E-state index in [9.17, 15) is 4.79 Å². The molecule has 18 heavy (non-hydrogen) atoms. The summed E-state index contributed by atoms with van der Waals surface area (Å²) in [5.41, 5.74) is 6.83. The van der Waals surface area contributed by atoms with Crippen LogP contribution in [0.1, 0.15) is 24.9 Å². The molecule has 2 rings (SSSR count). The Morgan fingerprint density at radius 3 is 2.83 bits per heavy atom. The van der Waals surface area contributed by atoms with Crippen LogP contribution in [0.2, 0.25) is 0 Å². The minimum absolute atomic E-state index is 0.0330. The van der Waals surface area contributed by atoms with E-state index >= 15 is 0 Å². The minimum Gasteiger partial charge on any atom is -0.480 e. The van der Waals surface area contributed by atoms with E-state index in [1.165, 1.54) is 0 Å². The third kappa shape index (κ3) is 2.67. The van der Waals surface area contributed by atoms with Gasteiger partial charge >= 0.3 is 0 Å². The highest BCUT2D eigenvalue weighted by atomic mass is 79.9. The first kappa shape index (κ1) is 13.4. The normalized spacial score (nSPS) is 21.2. The Labute approximate surface area is 115 Å². The molecule has 1 amide bonds. The number of nitrogens with two attached hydrogens (primary N) is 1. The molecule has 0 spiro atoms. The van der Waals surface area contributed by atoms with Crippen molar-refractivity contribution in [1.29, 1.82) is 0 Å². The minimum atomic E-state index is -0.387. The highest BCUT2D eigenvalue weighted by molar-refractivity contribution is 9.10. The van der Waals surface area contributed by atoms with Gasteiger partial charge in [-0.25, -0.2) is 0 Å². The summed E-state index contributed by atoms with van der Waals surface area (Å²) in [7, 11) is 1.79. The molecule has 1 unspecified atom stereocenters. The maximum Gasteiger partial charge on any atom is 0.263 e. The zero-order valence-electron chi connectivity index (χ0n) is 10.5. The summed E-state index contributed by atoms with van der Waals surface area (Å²) in [6.07, 6.45) is 0.335. The van der Waals surface area contributed by atoms with Crippen LogP contribution in [-0.4, -0.2) is 30.5 Å². The monoisotopic (exact) mass is 312 g/mol. The van der Waals surface area contributed by atoms with Crippen molar-refractivity contribution < 1.29 is 9.53 Å². The predicted molar refractivity (Wildman–Crippen MR) is 73.4 cm³/mol. The summed E-state index contributed by atoms with van der Waals surface area (Å²) in [5.74, 6) is 0.721. The zero-order chi connectivity index (χ0) is 13.3. The number of benzene rings is 1. The number of likely N-dealkylation sites (N-methyl/N-ethyl adjacent to an activating group) is 1. The van der Waals surface area contributed by atoms with Gasteiger partial charge in [0.05, 0.1) is 0 Å². The van der Waals surface area contributed by atoms with E-state index in [0.29, 0.717) is 5.75 Å². The maximum absolute atomic E-state index is 11.8. The number of nitrogens with zero attached hydrogens (tertiary/aromatic N) is 1. The van der Waals surface area contributed by atoms with E-state index in [2.05, 4.69) is 15.9 Å². The van der Waals surface area contributed by atoms with E-state index in [-0.39, 0.29) is 18.1 Å². The zero-order valence-corrected chi connectivity index (χ0v) is 12.1. The molecular formula is C13H17BrN2O2. The van der Waals surface area contributed by atoms with Crippen molar-refractivity contribution in [1.82, 2.24) is 4.90 Å². The van der Waals surface area contributed by atoms with Crippen LogP contribution in [-0.2, 0) is 4.79 Å². The Bertz CT molecular complexity index is 462.